The van der Waals surface area contributed by atoms with E-state index in [9.17, 15) is 12.8 Å². The third-order valence-corrected chi connectivity index (χ3v) is 5.80. The Kier molecular flexibility index (Phi) is 4.65. The first-order valence-electron chi connectivity index (χ1n) is 6.78. The van der Waals surface area contributed by atoms with E-state index in [1.807, 2.05) is 0 Å². The van der Waals surface area contributed by atoms with Gasteiger partial charge in [-0.1, -0.05) is 19.3 Å². The van der Waals surface area contributed by atoms with Gasteiger partial charge in [0.25, 0.3) is 0 Å². The maximum atomic E-state index is 13.4. The van der Waals surface area contributed by atoms with Crippen molar-refractivity contribution in [2.24, 2.45) is 0 Å². The van der Waals surface area contributed by atoms with Gasteiger partial charge in [0.05, 0.1) is 7.11 Å². The van der Waals surface area contributed by atoms with Crippen LogP contribution in [0.25, 0.3) is 0 Å². The molecule has 0 saturated heterocycles. The Balaban J connectivity index is 2.36. The first kappa shape index (κ1) is 15.3. The molecule has 4 nitrogen and oxygen atoms in total. The first-order valence-corrected chi connectivity index (χ1v) is 8.22. The Morgan fingerprint density at radius 2 is 1.90 bits per heavy atom. The normalized spacial score (nSPS) is 17.4. The van der Waals surface area contributed by atoms with Crippen LogP contribution in [-0.4, -0.2) is 32.9 Å². The van der Waals surface area contributed by atoms with Crippen molar-refractivity contribution in [1.29, 1.82) is 0 Å². The second kappa shape index (κ2) is 6.10. The Morgan fingerprint density at radius 3 is 2.50 bits per heavy atom. The van der Waals surface area contributed by atoms with E-state index in [0.717, 1.165) is 38.2 Å². The molecule has 0 aromatic heterocycles. The van der Waals surface area contributed by atoms with Crippen LogP contribution in [0.1, 0.15) is 32.1 Å². The largest absolute Gasteiger partial charge is 0.495 e. The smallest absolute Gasteiger partial charge is 0.246 e. The zero-order valence-corrected chi connectivity index (χ0v) is 12.6. The molecule has 0 atom stereocenters. The molecule has 112 valence electrons. The molecule has 1 aromatic carbocycles. The van der Waals surface area contributed by atoms with Crippen molar-refractivity contribution in [3.8, 4) is 5.75 Å². The van der Waals surface area contributed by atoms with E-state index < -0.39 is 15.8 Å². The summed E-state index contributed by atoms with van der Waals surface area (Å²) in [5.41, 5.74) is 0. The molecule has 1 aromatic rings. The van der Waals surface area contributed by atoms with Crippen molar-refractivity contribution < 1.29 is 17.5 Å². The van der Waals surface area contributed by atoms with Crippen LogP contribution in [0.15, 0.2) is 23.1 Å². The molecule has 1 aliphatic carbocycles. The molecular formula is C14H20FNO3S. The summed E-state index contributed by atoms with van der Waals surface area (Å²) in [6.45, 7) is 0. The highest BCUT2D eigenvalue weighted by molar-refractivity contribution is 7.89. The van der Waals surface area contributed by atoms with Gasteiger partial charge in [-0.15, -0.1) is 0 Å². The highest BCUT2D eigenvalue weighted by Gasteiger charge is 2.31. The lowest BCUT2D eigenvalue weighted by atomic mass is 9.96. The van der Waals surface area contributed by atoms with E-state index in [2.05, 4.69) is 0 Å². The lowest BCUT2D eigenvalue weighted by molar-refractivity contribution is 0.284. The highest BCUT2D eigenvalue weighted by Crippen LogP contribution is 2.31. The number of rotatable bonds is 4. The van der Waals surface area contributed by atoms with Crippen LogP contribution in [0, 0.1) is 5.82 Å². The Labute approximate surface area is 119 Å². The van der Waals surface area contributed by atoms with Crippen molar-refractivity contribution in [3.05, 3.63) is 24.0 Å². The minimum absolute atomic E-state index is 0.0123. The van der Waals surface area contributed by atoms with Crippen molar-refractivity contribution in [3.63, 3.8) is 0 Å². The predicted octanol–water partition coefficient (Wildman–Crippen LogP) is 2.79. The van der Waals surface area contributed by atoms with Crippen LogP contribution in [0.4, 0.5) is 4.39 Å². The zero-order valence-electron chi connectivity index (χ0n) is 11.8. The molecule has 1 fully saturated rings. The van der Waals surface area contributed by atoms with Crippen LogP contribution in [0.5, 0.6) is 5.75 Å². The van der Waals surface area contributed by atoms with Gasteiger partial charge in [-0.3, -0.25) is 0 Å². The second-order valence-corrected chi connectivity index (χ2v) is 7.07. The topological polar surface area (TPSA) is 46.6 Å². The summed E-state index contributed by atoms with van der Waals surface area (Å²) < 4.78 is 45.1. The molecular weight excluding hydrogens is 281 g/mol. The van der Waals surface area contributed by atoms with Gasteiger partial charge in [0, 0.05) is 13.1 Å². The summed E-state index contributed by atoms with van der Waals surface area (Å²) >= 11 is 0. The molecule has 1 aliphatic rings. The van der Waals surface area contributed by atoms with Crippen LogP contribution < -0.4 is 4.74 Å². The minimum Gasteiger partial charge on any atom is -0.495 e. The number of hydrogen-bond acceptors (Lipinski definition) is 3. The Bertz CT molecular complexity index is 568. The first-order chi connectivity index (χ1) is 9.46. The number of sulfonamides is 1. The maximum absolute atomic E-state index is 13.4. The average molecular weight is 301 g/mol. The number of benzene rings is 1. The third kappa shape index (κ3) is 2.96. The predicted molar refractivity (Wildman–Crippen MR) is 74.8 cm³/mol. The summed E-state index contributed by atoms with van der Waals surface area (Å²) in [6.07, 6.45) is 4.92. The van der Waals surface area contributed by atoms with E-state index in [4.69, 9.17) is 4.74 Å². The summed E-state index contributed by atoms with van der Waals surface area (Å²) in [7, 11) is -0.789. The summed E-state index contributed by atoms with van der Waals surface area (Å²) in [6, 6.07) is 3.55. The molecule has 0 unspecified atom stereocenters. The van der Waals surface area contributed by atoms with Crippen LogP contribution in [0.3, 0.4) is 0 Å². The number of nitrogens with zero attached hydrogens (tertiary/aromatic N) is 1. The molecule has 1 saturated carbocycles. The van der Waals surface area contributed by atoms with Crippen LogP contribution >= 0.6 is 0 Å². The van der Waals surface area contributed by atoms with Crippen molar-refractivity contribution >= 4 is 10.0 Å². The number of hydrogen-bond donors (Lipinski definition) is 0. The molecule has 20 heavy (non-hydrogen) atoms. The van der Waals surface area contributed by atoms with Gasteiger partial charge in [0.15, 0.2) is 0 Å². The molecule has 0 aliphatic heterocycles. The fraction of sp³-hybridized carbons (Fsp3) is 0.571. The number of methoxy groups -OCH3 is 1. The monoisotopic (exact) mass is 301 g/mol. The van der Waals surface area contributed by atoms with Crippen LogP contribution in [0.2, 0.25) is 0 Å². The molecule has 0 heterocycles. The highest BCUT2D eigenvalue weighted by atomic mass is 32.2. The maximum Gasteiger partial charge on any atom is 0.246 e. The SMILES string of the molecule is COc1ccc(F)cc1S(=O)(=O)N(C)C1CCCCC1. The molecule has 0 N–H and O–H groups in total. The van der Waals surface area contributed by atoms with E-state index in [0.29, 0.717) is 0 Å². The summed E-state index contributed by atoms with van der Waals surface area (Å²) in [5, 5.41) is 0. The van der Waals surface area contributed by atoms with E-state index in [1.54, 1.807) is 7.05 Å². The standard InChI is InChI=1S/C14H20FNO3S/c1-16(12-6-4-3-5-7-12)20(17,18)14-10-11(15)8-9-13(14)19-2/h8-10,12H,3-7H2,1-2H3. The van der Waals surface area contributed by atoms with Crippen LogP contribution in [-0.2, 0) is 10.0 Å². The molecule has 0 amide bonds. The fourth-order valence-electron chi connectivity index (χ4n) is 2.65. The van der Waals surface area contributed by atoms with Gasteiger partial charge in [0.1, 0.15) is 16.5 Å². The fourth-order valence-corrected chi connectivity index (χ4v) is 4.23. The van der Waals surface area contributed by atoms with Gasteiger partial charge in [-0.05, 0) is 31.0 Å². The quantitative estimate of drug-likeness (QED) is 0.859. The van der Waals surface area contributed by atoms with Gasteiger partial charge in [-0.25, -0.2) is 12.8 Å². The van der Waals surface area contributed by atoms with Crippen molar-refractivity contribution in [2.45, 2.75) is 43.0 Å². The lowest BCUT2D eigenvalue weighted by Crippen LogP contribution is -2.38. The van der Waals surface area contributed by atoms with Gasteiger partial charge in [0.2, 0.25) is 10.0 Å². The number of ether oxygens (including phenoxy) is 1. The van der Waals surface area contributed by atoms with Crippen molar-refractivity contribution in [1.82, 2.24) is 4.31 Å². The Hall–Kier alpha value is -1.14. The molecule has 0 spiro atoms. The number of halogens is 1. The second-order valence-electron chi connectivity index (χ2n) is 5.11. The zero-order chi connectivity index (χ0) is 14.8. The molecule has 6 heteroatoms. The lowest BCUT2D eigenvalue weighted by Gasteiger charge is -2.30. The van der Waals surface area contributed by atoms with Crippen molar-refractivity contribution in [2.75, 3.05) is 14.2 Å². The third-order valence-electron chi connectivity index (χ3n) is 3.87. The molecule has 0 bridgehead atoms. The molecule has 0 radical (unpaired) electrons. The summed E-state index contributed by atoms with van der Waals surface area (Å²) in [5.74, 6) is -0.407. The van der Waals surface area contributed by atoms with E-state index >= 15 is 0 Å². The van der Waals surface area contributed by atoms with Gasteiger partial charge >= 0.3 is 0 Å². The summed E-state index contributed by atoms with van der Waals surface area (Å²) in [4.78, 5) is -0.104. The minimum atomic E-state index is -3.74. The molecule has 2 rings (SSSR count). The van der Waals surface area contributed by atoms with E-state index in [-0.39, 0.29) is 16.7 Å². The Morgan fingerprint density at radius 1 is 1.25 bits per heavy atom. The van der Waals surface area contributed by atoms with Gasteiger partial charge in [-0.2, -0.15) is 4.31 Å². The van der Waals surface area contributed by atoms with E-state index in [1.165, 1.54) is 23.5 Å². The average Bonchev–Trinajstić information content (AvgIpc) is 2.47. The van der Waals surface area contributed by atoms with Gasteiger partial charge < -0.3 is 4.74 Å².